The quantitative estimate of drug-likeness (QED) is 0.736. The standard InChI is InChI=1S/C25H29NO5/c1-24(2)12-13-25(3,4)20-14-16(6-11-19(20)24)15-26(23(30)31-5)21(27)17-7-9-18(10-8-17)22(28)29/h6-11,14H,12-13,15H2,1-5H3,(H,28,29). The van der Waals surface area contributed by atoms with Crippen LogP contribution in [0, 0.1) is 0 Å². The van der Waals surface area contributed by atoms with Gasteiger partial charge in [-0.05, 0) is 64.6 Å². The second kappa shape index (κ2) is 8.17. The number of amides is 2. The molecule has 0 saturated heterocycles. The lowest BCUT2D eigenvalue weighted by atomic mass is 9.63. The lowest BCUT2D eigenvalue weighted by Crippen LogP contribution is -2.37. The van der Waals surface area contributed by atoms with E-state index in [0.717, 1.165) is 23.3 Å². The summed E-state index contributed by atoms with van der Waals surface area (Å²) < 4.78 is 4.85. The van der Waals surface area contributed by atoms with Crippen LogP contribution in [0.15, 0.2) is 42.5 Å². The highest BCUT2D eigenvalue weighted by molar-refractivity contribution is 6.03. The number of hydrogen-bond acceptors (Lipinski definition) is 4. The zero-order valence-corrected chi connectivity index (χ0v) is 18.7. The summed E-state index contributed by atoms with van der Waals surface area (Å²) in [7, 11) is 1.23. The van der Waals surface area contributed by atoms with Gasteiger partial charge in [0.25, 0.3) is 5.91 Å². The monoisotopic (exact) mass is 423 g/mol. The molecule has 0 unspecified atom stereocenters. The second-order valence-corrected chi connectivity index (χ2v) is 9.39. The Morgan fingerprint density at radius 1 is 0.903 bits per heavy atom. The highest BCUT2D eigenvalue weighted by Crippen LogP contribution is 2.46. The molecule has 0 radical (unpaired) electrons. The Morgan fingerprint density at radius 3 is 2.00 bits per heavy atom. The number of aromatic carboxylic acids is 1. The fraction of sp³-hybridized carbons (Fsp3) is 0.400. The van der Waals surface area contributed by atoms with E-state index in [0.29, 0.717) is 0 Å². The maximum atomic E-state index is 13.0. The third-order valence-corrected chi connectivity index (χ3v) is 6.28. The van der Waals surface area contributed by atoms with E-state index in [1.165, 1.54) is 42.5 Å². The molecule has 1 aliphatic carbocycles. The zero-order chi connectivity index (χ0) is 23.0. The molecule has 0 aromatic heterocycles. The number of carbonyl (C=O) groups is 3. The van der Waals surface area contributed by atoms with E-state index in [1.54, 1.807) is 0 Å². The Hall–Kier alpha value is -3.15. The van der Waals surface area contributed by atoms with Crippen LogP contribution in [0.25, 0.3) is 0 Å². The van der Waals surface area contributed by atoms with Crippen molar-refractivity contribution >= 4 is 18.0 Å². The normalized spacial score (nSPS) is 16.2. The maximum Gasteiger partial charge on any atom is 0.416 e. The van der Waals surface area contributed by atoms with E-state index in [-0.39, 0.29) is 28.5 Å². The number of nitrogens with zero attached hydrogens (tertiary/aromatic N) is 1. The van der Waals surface area contributed by atoms with Crippen LogP contribution < -0.4 is 0 Å². The lowest BCUT2D eigenvalue weighted by molar-refractivity contribution is 0.0678. The minimum atomic E-state index is -1.08. The molecule has 3 rings (SSSR count). The van der Waals surface area contributed by atoms with Crippen molar-refractivity contribution in [3.8, 4) is 0 Å². The maximum absolute atomic E-state index is 13.0. The Labute approximate surface area is 182 Å². The number of rotatable bonds is 4. The smallest absolute Gasteiger partial charge is 0.416 e. The molecule has 0 spiro atoms. The number of carboxylic acids is 1. The minimum Gasteiger partial charge on any atom is -0.478 e. The van der Waals surface area contributed by atoms with E-state index in [1.807, 2.05) is 6.07 Å². The van der Waals surface area contributed by atoms with Gasteiger partial charge in [-0.3, -0.25) is 4.79 Å². The Kier molecular flexibility index (Phi) is 5.94. The van der Waals surface area contributed by atoms with Crippen LogP contribution in [-0.2, 0) is 22.1 Å². The first-order valence-corrected chi connectivity index (χ1v) is 10.3. The van der Waals surface area contributed by atoms with E-state index < -0.39 is 18.0 Å². The predicted octanol–water partition coefficient (Wildman–Crippen LogP) is 5.14. The molecule has 1 aliphatic rings. The summed E-state index contributed by atoms with van der Waals surface area (Å²) in [5.74, 6) is -1.62. The van der Waals surface area contributed by atoms with Gasteiger partial charge in [0.15, 0.2) is 0 Å². The largest absolute Gasteiger partial charge is 0.478 e. The molecule has 6 heteroatoms. The van der Waals surface area contributed by atoms with Crippen molar-refractivity contribution in [3.63, 3.8) is 0 Å². The van der Waals surface area contributed by atoms with Gasteiger partial charge in [0, 0.05) is 5.56 Å². The zero-order valence-electron chi connectivity index (χ0n) is 18.7. The van der Waals surface area contributed by atoms with E-state index in [4.69, 9.17) is 9.84 Å². The van der Waals surface area contributed by atoms with Crippen molar-refractivity contribution in [2.24, 2.45) is 0 Å². The highest BCUT2D eigenvalue weighted by Gasteiger charge is 2.37. The Morgan fingerprint density at radius 2 is 1.45 bits per heavy atom. The fourth-order valence-electron chi connectivity index (χ4n) is 4.16. The molecule has 0 saturated carbocycles. The summed E-state index contributed by atoms with van der Waals surface area (Å²) in [6.07, 6.45) is 1.40. The van der Waals surface area contributed by atoms with Gasteiger partial charge >= 0.3 is 12.1 Å². The SMILES string of the molecule is COC(=O)N(Cc1ccc2c(c1)C(C)(C)CCC2(C)C)C(=O)c1ccc(C(=O)O)cc1. The first-order valence-electron chi connectivity index (χ1n) is 10.3. The van der Waals surface area contributed by atoms with Gasteiger partial charge in [-0.2, -0.15) is 0 Å². The first kappa shape index (κ1) is 22.5. The Balaban J connectivity index is 1.94. The molecule has 0 atom stereocenters. The van der Waals surface area contributed by atoms with Crippen LogP contribution in [0.3, 0.4) is 0 Å². The number of ether oxygens (including phenoxy) is 1. The van der Waals surface area contributed by atoms with Gasteiger partial charge in [0.2, 0.25) is 0 Å². The molecular formula is C25H29NO5. The molecule has 0 bridgehead atoms. The second-order valence-electron chi connectivity index (χ2n) is 9.39. The number of methoxy groups -OCH3 is 1. The van der Waals surface area contributed by atoms with Crippen LogP contribution in [0.5, 0.6) is 0 Å². The van der Waals surface area contributed by atoms with Gasteiger partial charge in [-0.15, -0.1) is 0 Å². The van der Waals surface area contributed by atoms with Crippen molar-refractivity contribution in [2.45, 2.75) is 57.9 Å². The van der Waals surface area contributed by atoms with Crippen LogP contribution in [0.2, 0.25) is 0 Å². The number of imide groups is 1. The fourth-order valence-corrected chi connectivity index (χ4v) is 4.16. The number of carboxylic acid groups (broad SMARTS) is 1. The van der Waals surface area contributed by atoms with Crippen molar-refractivity contribution in [1.29, 1.82) is 0 Å². The molecule has 2 aromatic rings. The molecule has 0 aliphatic heterocycles. The molecule has 164 valence electrons. The summed E-state index contributed by atoms with van der Waals surface area (Å²) in [6.45, 7) is 8.99. The number of hydrogen-bond donors (Lipinski definition) is 1. The van der Waals surface area contributed by atoms with E-state index in [9.17, 15) is 14.4 Å². The Bertz CT molecular complexity index is 1020. The summed E-state index contributed by atoms with van der Waals surface area (Å²) in [5.41, 5.74) is 3.75. The average molecular weight is 424 g/mol. The molecule has 1 N–H and O–H groups in total. The molecular weight excluding hydrogens is 394 g/mol. The van der Waals surface area contributed by atoms with Crippen molar-refractivity contribution in [2.75, 3.05) is 7.11 Å². The predicted molar refractivity (Wildman–Crippen MR) is 117 cm³/mol. The minimum absolute atomic E-state index is 0.00757. The molecule has 2 aromatic carbocycles. The number of benzene rings is 2. The molecule has 31 heavy (non-hydrogen) atoms. The summed E-state index contributed by atoms with van der Waals surface area (Å²) >= 11 is 0. The van der Waals surface area contributed by atoms with Gasteiger partial charge in [-0.25, -0.2) is 14.5 Å². The summed E-state index contributed by atoms with van der Waals surface area (Å²) in [6, 6.07) is 11.6. The van der Waals surface area contributed by atoms with Gasteiger partial charge in [-0.1, -0.05) is 45.9 Å². The lowest BCUT2D eigenvalue weighted by Gasteiger charge is -2.42. The average Bonchev–Trinajstić information content (AvgIpc) is 2.74. The van der Waals surface area contributed by atoms with Gasteiger partial charge < -0.3 is 9.84 Å². The number of carbonyl (C=O) groups excluding carboxylic acids is 2. The van der Waals surface area contributed by atoms with Crippen LogP contribution in [0.1, 0.15) is 77.9 Å². The van der Waals surface area contributed by atoms with Gasteiger partial charge in [0.1, 0.15) is 0 Å². The number of fused-ring (bicyclic) bond motifs is 1. The highest BCUT2D eigenvalue weighted by atomic mass is 16.5. The molecule has 2 amide bonds. The third-order valence-electron chi connectivity index (χ3n) is 6.28. The summed E-state index contributed by atoms with van der Waals surface area (Å²) in [5, 5.41) is 9.05. The molecule has 6 nitrogen and oxygen atoms in total. The topological polar surface area (TPSA) is 83.9 Å². The van der Waals surface area contributed by atoms with Crippen LogP contribution >= 0.6 is 0 Å². The van der Waals surface area contributed by atoms with E-state index >= 15 is 0 Å². The van der Waals surface area contributed by atoms with Crippen molar-refractivity contribution in [1.82, 2.24) is 4.90 Å². The molecule has 0 fully saturated rings. The van der Waals surface area contributed by atoms with E-state index in [2.05, 4.69) is 39.8 Å². The third kappa shape index (κ3) is 4.48. The van der Waals surface area contributed by atoms with Gasteiger partial charge in [0.05, 0.1) is 19.2 Å². The van der Waals surface area contributed by atoms with Crippen LogP contribution in [-0.4, -0.2) is 35.1 Å². The van der Waals surface area contributed by atoms with Crippen molar-refractivity contribution in [3.05, 3.63) is 70.3 Å². The van der Waals surface area contributed by atoms with Crippen LogP contribution in [0.4, 0.5) is 4.79 Å². The van der Waals surface area contributed by atoms with Crippen molar-refractivity contribution < 1.29 is 24.2 Å². The molecule has 0 heterocycles. The summed E-state index contributed by atoms with van der Waals surface area (Å²) in [4.78, 5) is 37.5. The first-order chi connectivity index (χ1) is 14.5.